The van der Waals surface area contributed by atoms with Crippen LogP contribution in [0.3, 0.4) is 0 Å². The Morgan fingerprint density at radius 3 is 2.51 bits per heavy atom. The van der Waals surface area contributed by atoms with Crippen LogP contribution in [0.4, 0.5) is 24.8 Å². The van der Waals surface area contributed by atoms with Crippen LogP contribution in [-0.2, 0) is 6.18 Å². The van der Waals surface area contributed by atoms with Crippen LogP contribution in [0.5, 0.6) is 17.2 Å². The van der Waals surface area contributed by atoms with E-state index in [9.17, 15) is 13.2 Å². The topological polar surface area (TPSA) is 111 Å². The van der Waals surface area contributed by atoms with Gasteiger partial charge >= 0.3 is 6.18 Å². The Labute approximate surface area is 196 Å². The van der Waals surface area contributed by atoms with Gasteiger partial charge in [0.2, 0.25) is 11.8 Å². The van der Waals surface area contributed by atoms with Crippen molar-refractivity contribution in [1.29, 1.82) is 0 Å². The van der Waals surface area contributed by atoms with E-state index in [2.05, 4.69) is 35.5 Å². The molecular formula is C23H16F3N7O2. The molecular weight excluding hydrogens is 463 g/mol. The van der Waals surface area contributed by atoms with Gasteiger partial charge in [-0.1, -0.05) is 6.07 Å². The van der Waals surface area contributed by atoms with Crippen LogP contribution in [0.15, 0.2) is 67.1 Å². The molecule has 0 unspecified atom stereocenters. The molecule has 2 aromatic carbocycles. The summed E-state index contributed by atoms with van der Waals surface area (Å²) < 4.78 is 49.9. The Morgan fingerprint density at radius 2 is 1.74 bits per heavy atom. The van der Waals surface area contributed by atoms with Crippen molar-refractivity contribution < 1.29 is 22.6 Å². The first kappa shape index (κ1) is 22.1. The van der Waals surface area contributed by atoms with Gasteiger partial charge in [-0.15, -0.1) is 10.2 Å². The van der Waals surface area contributed by atoms with Crippen LogP contribution >= 0.6 is 0 Å². The minimum absolute atomic E-state index is 0.139. The first-order chi connectivity index (χ1) is 16.9. The fraction of sp³-hybridized carbons (Fsp3) is 0.0870. The van der Waals surface area contributed by atoms with E-state index in [1.54, 1.807) is 19.4 Å². The standard InChI is InChI=1S/C23H16F3N7O2/c1-34-15-5-6-18-17(10-15)19(7-8-27-18)35-16-11-28-20(29-12-16)21-31-22(33-32-21)30-14-4-2-3-13(9-14)23(24,25)26/h2-12H,1H3,(H2,30,31,32,33). The third kappa shape index (κ3) is 4.81. The maximum Gasteiger partial charge on any atom is 0.416 e. The zero-order chi connectivity index (χ0) is 24.4. The Morgan fingerprint density at radius 1 is 0.914 bits per heavy atom. The second-order valence-corrected chi connectivity index (χ2v) is 7.26. The van der Waals surface area contributed by atoms with Crippen molar-refractivity contribution in [2.24, 2.45) is 0 Å². The van der Waals surface area contributed by atoms with Gasteiger partial charge in [-0.25, -0.2) is 9.97 Å². The van der Waals surface area contributed by atoms with Gasteiger partial charge in [-0.05, 0) is 42.5 Å². The van der Waals surface area contributed by atoms with Crippen molar-refractivity contribution in [3.8, 4) is 28.9 Å². The van der Waals surface area contributed by atoms with Crippen molar-refractivity contribution in [2.45, 2.75) is 6.18 Å². The smallest absolute Gasteiger partial charge is 0.416 e. The maximum atomic E-state index is 12.9. The number of pyridine rings is 1. The molecule has 2 N–H and O–H groups in total. The van der Waals surface area contributed by atoms with Crippen molar-refractivity contribution >= 4 is 22.5 Å². The molecule has 0 radical (unpaired) electrons. The van der Waals surface area contributed by atoms with Crippen LogP contribution in [0.1, 0.15) is 5.56 Å². The Kier molecular flexibility index (Phi) is 5.61. The number of fused-ring (bicyclic) bond motifs is 1. The number of halogens is 3. The van der Waals surface area contributed by atoms with E-state index in [0.29, 0.717) is 17.2 Å². The molecule has 12 heteroatoms. The van der Waals surface area contributed by atoms with Gasteiger partial charge in [0.15, 0.2) is 11.6 Å². The number of methoxy groups -OCH3 is 1. The van der Waals surface area contributed by atoms with E-state index in [0.717, 1.165) is 23.0 Å². The SMILES string of the molecule is COc1ccc2nccc(Oc3cnc(-c4nnc(Nc5cccc(C(F)(F)F)c5)[nH]4)nc3)c2c1. The summed E-state index contributed by atoms with van der Waals surface area (Å²) in [6.07, 6.45) is 0.123. The molecule has 0 atom stereocenters. The number of alkyl halides is 3. The first-order valence-corrected chi connectivity index (χ1v) is 10.2. The number of H-pyrrole nitrogens is 1. The third-order valence-electron chi connectivity index (χ3n) is 4.92. The summed E-state index contributed by atoms with van der Waals surface area (Å²) in [6.45, 7) is 0. The van der Waals surface area contributed by atoms with Crippen LogP contribution in [-0.4, -0.2) is 37.2 Å². The van der Waals surface area contributed by atoms with E-state index in [-0.39, 0.29) is 23.3 Å². The second kappa shape index (κ2) is 8.89. The number of benzene rings is 2. The lowest BCUT2D eigenvalue weighted by Gasteiger charge is -2.09. The molecule has 0 aliphatic rings. The number of nitrogens with one attached hydrogen (secondary N) is 2. The quantitative estimate of drug-likeness (QED) is 0.334. The number of rotatable bonds is 6. The van der Waals surface area contributed by atoms with Crippen molar-refractivity contribution in [3.05, 3.63) is 72.7 Å². The van der Waals surface area contributed by atoms with Crippen LogP contribution in [0, 0.1) is 0 Å². The second-order valence-electron chi connectivity index (χ2n) is 7.26. The fourth-order valence-electron chi connectivity index (χ4n) is 3.26. The number of aromatic nitrogens is 6. The monoisotopic (exact) mass is 479 g/mol. The first-order valence-electron chi connectivity index (χ1n) is 10.2. The summed E-state index contributed by atoms with van der Waals surface area (Å²) >= 11 is 0. The number of anilines is 2. The predicted molar refractivity (Wildman–Crippen MR) is 121 cm³/mol. The summed E-state index contributed by atoms with van der Waals surface area (Å²) in [7, 11) is 1.58. The third-order valence-corrected chi connectivity index (χ3v) is 4.92. The molecule has 0 saturated heterocycles. The Bertz CT molecular complexity index is 1490. The zero-order valence-corrected chi connectivity index (χ0v) is 18.0. The predicted octanol–water partition coefficient (Wildman–Crippen LogP) is 5.37. The van der Waals surface area contributed by atoms with E-state index < -0.39 is 11.7 Å². The zero-order valence-electron chi connectivity index (χ0n) is 18.0. The Hall–Kier alpha value is -4.74. The molecule has 176 valence electrons. The summed E-state index contributed by atoms with van der Waals surface area (Å²) in [5.41, 5.74) is 0.165. The summed E-state index contributed by atoms with van der Waals surface area (Å²) in [5.74, 6) is 2.19. The van der Waals surface area contributed by atoms with E-state index in [4.69, 9.17) is 9.47 Å². The highest BCUT2D eigenvalue weighted by Gasteiger charge is 2.30. The van der Waals surface area contributed by atoms with Crippen molar-refractivity contribution in [2.75, 3.05) is 12.4 Å². The Balaban J connectivity index is 1.32. The maximum absolute atomic E-state index is 12.9. The van der Waals surface area contributed by atoms with Crippen LogP contribution in [0.25, 0.3) is 22.6 Å². The molecule has 5 aromatic rings. The van der Waals surface area contributed by atoms with Gasteiger partial charge in [-0.3, -0.25) is 4.98 Å². The lowest BCUT2D eigenvalue weighted by Crippen LogP contribution is -2.05. The van der Waals surface area contributed by atoms with E-state index >= 15 is 0 Å². The minimum Gasteiger partial charge on any atom is -0.497 e. The lowest BCUT2D eigenvalue weighted by atomic mass is 10.2. The van der Waals surface area contributed by atoms with Crippen LogP contribution in [0.2, 0.25) is 0 Å². The van der Waals surface area contributed by atoms with Crippen LogP contribution < -0.4 is 14.8 Å². The lowest BCUT2D eigenvalue weighted by molar-refractivity contribution is -0.137. The highest BCUT2D eigenvalue weighted by atomic mass is 19.4. The average Bonchev–Trinajstić information content (AvgIpc) is 3.32. The molecule has 3 aromatic heterocycles. The number of nitrogens with zero attached hydrogens (tertiary/aromatic N) is 5. The van der Waals surface area contributed by atoms with E-state index in [1.165, 1.54) is 24.5 Å². The normalized spacial score (nSPS) is 11.4. The fourth-order valence-corrected chi connectivity index (χ4v) is 3.26. The summed E-state index contributed by atoms with van der Waals surface area (Å²) in [5, 5.41) is 11.4. The van der Waals surface area contributed by atoms with E-state index in [1.807, 2.05) is 18.2 Å². The number of ether oxygens (including phenoxy) is 2. The largest absolute Gasteiger partial charge is 0.497 e. The molecule has 0 bridgehead atoms. The summed E-state index contributed by atoms with van der Waals surface area (Å²) in [4.78, 5) is 15.6. The molecule has 35 heavy (non-hydrogen) atoms. The molecule has 0 fully saturated rings. The molecule has 9 nitrogen and oxygen atoms in total. The van der Waals surface area contributed by atoms with Gasteiger partial charge in [0.1, 0.15) is 11.5 Å². The highest BCUT2D eigenvalue weighted by molar-refractivity contribution is 5.86. The number of hydrogen-bond acceptors (Lipinski definition) is 8. The van der Waals surface area contributed by atoms with Gasteiger partial charge < -0.3 is 19.8 Å². The van der Waals surface area contributed by atoms with Crippen molar-refractivity contribution in [3.63, 3.8) is 0 Å². The molecule has 0 amide bonds. The molecule has 0 aliphatic heterocycles. The number of aromatic amines is 1. The molecule has 0 aliphatic carbocycles. The average molecular weight is 479 g/mol. The van der Waals surface area contributed by atoms with Gasteiger partial charge in [0.25, 0.3) is 0 Å². The molecule has 5 rings (SSSR count). The number of hydrogen-bond donors (Lipinski definition) is 2. The van der Waals surface area contributed by atoms with Gasteiger partial charge in [-0.2, -0.15) is 13.2 Å². The summed E-state index contributed by atoms with van der Waals surface area (Å²) in [6, 6.07) is 11.9. The molecule has 3 heterocycles. The van der Waals surface area contributed by atoms with Gasteiger partial charge in [0.05, 0.1) is 30.6 Å². The molecule has 0 saturated carbocycles. The minimum atomic E-state index is -4.45. The molecule has 0 spiro atoms. The van der Waals surface area contributed by atoms with Gasteiger partial charge in [0, 0.05) is 17.3 Å². The van der Waals surface area contributed by atoms with Crippen molar-refractivity contribution in [1.82, 2.24) is 30.1 Å². The highest BCUT2D eigenvalue weighted by Crippen LogP contribution is 2.32.